The van der Waals surface area contributed by atoms with Gasteiger partial charge in [-0.25, -0.2) is 4.79 Å². The average Bonchev–Trinajstić information content (AvgIpc) is 2.96. The van der Waals surface area contributed by atoms with Gasteiger partial charge < -0.3 is 15.4 Å². The fraction of sp³-hybridized carbons (Fsp3) is 0.250. The molecule has 0 bridgehead atoms. The zero-order valence-electron chi connectivity index (χ0n) is 13.6. The predicted octanol–water partition coefficient (Wildman–Crippen LogP) is 4.10. The van der Waals surface area contributed by atoms with Crippen molar-refractivity contribution < 1.29 is 9.53 Å². The number of hydrogen-bond acceptors (Lipinski definition) is 4. The van der Waals surface area contributed by atoms with E-state index in [2.05, 4.69) is 41.0 Å². The molecule has 0 saturated carbocycles. The summed E-state index contributed by atoms with van der Waals surface area (Å²) in [5.74, 6) is -0.0138. The number of anilines is 2. The van der Waals surface area contributed by atoms with E-state index in [9.17, 15) is 4.79 Å². The van der Waals surface area contributed by atoms with Gasteiger partial charge in [-0.1, -0.05) is 42.5 Å². The van der Waals surface area contributed by atoms with E-state index in [1.165, 1.54) is 12.7 Å². The first kappa shape index (κ1) is 14.8. The normalized spacial score (nSPS) is 21.9. The van der Waals surface area contributed by atoms with Gasteiger partial charge in [0.2, 0.25) is 0 Å². The zero-order chi connectivity index (χ0) is 16.5. The van der Waals surface area contributed by atoms with Gasteiger partial charge in [-0.15, -0.1) is 0 Å². The Morgan fingerprint density at radius 3 is 2.50 bits per heavy atom. The Hall–Kier alpha value is -2.75. The Bertz CT molecular complexity index is 798. The van der Waals surface area contributed by atoms with Gasteiger partial charge in [0.15, 0.2) is 0 Å². The number of carbonyl (C=O) groups excluding carboxylic acids is 1. The fourth-order valence-corrected chi connectivity index (χ4v) is 3.75. The Morgan fingerprint density at radius 2 is 1.75 bits per heavy atom. The van der Waals surface area contributed by atoms with Crippen molar-refractivity contribution in [2.24, 2.45) is 5.92 Å². The van der Waals surface area contributed by atoms with Gasteiger partial charge in [0.05, 0.1) is 30.1 Å². The molecular weight excluding hydrogens is 300 g/mol. The van der Waals surface area contributed by atoms with E-state index in [-0.39, 0.29) is 17.9 Å². The first-order valence-electron chi connectivity index (χ1n) is 8.27. The number of methoxy groups -OCH3 is 1. The Balaban J connectivity index is 1.84. The van der Waals surface area contributed by atoms with E-state index in [1.807, 2.05) is 24.3 Å². The molecule has 24 heavy (non-hydrogen) atoms. The highest BCUT2D eigenvalue weighted by Gasteiger charge is 2.38. The number of esters is 1. The van der Waals surface area contributed by atoms with Crippen molar-refractivity contribution in [2.45, 2.75) is 18.9 Å². The topological polar surface area (TPSA) is 50.4 Å². The van der Waals surface area contributed by atoms with Crippen LogP contribution >= 0.6 is 0 Å². The lowest BCUT2D eigenvalue weighted by molar-refractivity contribution is -0.136. The van der Waals surface area contributed by atoms with Crippen LogP contribution in [0.4, 0.5) is 11.4 Å². The van der Waals surface area contributed by atoms with E-state index in [1.54, 1.807) is 0 Å². The highest BCUT2D eigenvalue weighted by molar-refractivity contribution is 5.91. The van der Waals surface area contributed by atoms with Crippen molar-refractivity contribution >= 4 is 17.3 Å². The molecule has 2 atom stereocenters. The average molecular weight is 320 g/mol. The summed E-state index contributed by atoms with van der Waals surface area (Å²) in [6, 6.07) is 18.7. The van der Waals surface area contributed by atoms with Crippen molar-refractivity contribution in [3.8, 4) is 0 Å². The van der Waals surface area contributed by atoms with Crippen LogP contribution in [0.25, 0.3) is 0 Å². The smallest absolute Gasteiger partial charge is 0.335 e. The quantitative estimate of drug-likeness (QED) is 0.818. The second-order valence-electron chi connectivity index (χ2n) is 6.23. The summed E-state index contributed by atoms with van der Waals surface area (Å²) in [6.45, 7) is 0. The summed E-state index contributed by atoms with van der Waals surface area (Å²) in [5, 5.41) is 7.18. The maximum atomic E-state index is 12.2. The molecular formula is C20H20N2O2. The minimum atomic E-state index is -0.230. The minimum absolute atomic E-state index is 0.125. The monoisotopic (exact) mass is 320 g/mol. The summed E-state index contributed by atoms with van der Waals surface area (Å²) in [4.78, 5) is 12.2. The number of fused-ring (bicyclic) bond motifs is 2. The van der Waals surface area contributed by atoms with Gasteiger partial charge in [0.25, 0.3) is 0 Å². The number of hydrogen-bond donors (Lipinski definition) is 2. The maximum absolute atomic E-state index is 12.2. The van der Waals surface area contributed by atoms with Crippen LogP contribution in [0.5, 0.6) is 0 Å². The SMILES string of the molecule is COC(=O)C1=C2Nc3ccccc3N[C@@H](c3ccccc3)[C@@H]2CC1. The van der Waals surface area contributed by atoms with Crippen LogP contribution in [0, 0.1) is 5.92 Å². The first-order chi connectivity index (χ1) is 11.8. The van der Waals surface area contributed by atoms with Crippen molar-refractivity contribution in [3.05, 3.63) is 71.4 Å². The molecule has 0 aromatic heterocycles. The Kier molecular flexibility index (Phi) is 3.73. The summed E-state index contributed by atoms with van der Waals surface area (Å²) < 4.78 is 5.00. The standard InChI is InChI=1S/C20H20N2O2/c1-24-20(23)15-12-11-14-18(13-7-3-2-4-8-13)21-16-9-5-6-10-17(16)22-19(14)15/h2-10,14,18,21-22H,11-12H2,1H3/t14-,18-/m0/s1. The molecule has 2 N–H and O–H groups in total. The van der Waals surface area contributed by atoms with Crippen LogP contribution < -0.4 is 10.6 Å². The van der Waals surface area contributed by atoms with Gasteiger partial charge >= 0.3 is 5.97 Å². The predicted molar refractivity (Wildman–Crippen MR) is 94.6 cm³/mol. The first-order valence-corrected chi connectivity index (χ1v) is 8.27. The Labute approximate surface area is 141 Å². The highest BCUT2D eigenvalue weighted by Crippen LogP contribution is 2.46. The number of carbonyl (C=O) groups is 1. The van der Waals surface area contributed by atoms with Crippen LogP contribution in [0.3, 0.4) is 0 Å². The molecule has 4 heteroatoms. The number of ether oxygens (including phenoxy) is 1. The largest absolute Gasteiger partial charge is 0.466 e. The second-order valence-corrected chi connectivity index (χ2v) is 6.23. The molecule has 1 heterocycles. The van der Waals surface area contributed by atoms with Gasteiger partial charge in [-0.3, -0.25) is 0 Å². The fourth-order valence-electron chi connectivity index (χ4n) is 3.75. The highest BCUT2D eigenvalue weighted by atomic mass is 16.5. The van der Waals surface area contributed by atoms with Crippen LogP contribution in [0.2, 0.25) is 0 Å². The van der Waals surface area contributed by atoms with Crippen molar-refractivity contribution in [3.63, 3.8) is 0 Å². The molecule has 0 amide bonds. The zero-order valence-corrected chi connectivity index (χ0v) is 13.6. The molecule has 0 spiro atoms. The van der Waals surface area contributed by atoms with E-state index in [0.717, 1.165) is 35.5 Å². The third-order valence-electron chi connectivity index (χ3n) is 4.90. The summed E-state index contributed by atoms with van der Waals surface area (Å²) >= 11 is 0. The third-order valence-corrected chi connectivity index (χ3v) is 4.90. The molecule has 1 aliphatic carbocycles. The van der Waals surface area contributed by atoms with Gasteiger partial charge in [0.1, 0.15) is 0 Å². The Morgan fingerprint density at radius 1 is 1.04 bits per heavy atom. The number of rotatable bonds is 2. The lowest BCUT2D eigenvalue weighted by Gasteiger charge is -2.25. The summed E-state index contributed by atoms with van der Waals surface area (Å²) in [5.41, 5.74) is 5.04. The molecule has 0 saturated heterocycles. The summed E-state index contributed by atoms with van der Waals surface area (Å²) in [6.07, 6.45) is 1.67. The molecule has 2 aromatic carbocycles. The van der Waals surface area contributed by atoms with Crippen molar-refractivity contribution in [1.82, 2.24) is 0 Å². The van der Waals surface area contributed by atoms with E-state index < -0.39 is 0 Å². The molecule has 122 valence electrons. The minimum Gasteiger partial charge on any atom is -0.466 e. The lowest BCUT2D eigenvalue weighted by Crippen LogP contribution is -2.21. The maximum Gasteiger partial charge on any atom is 0.335 e. The molecule has 4 rings (SSSR count). The van der Waals surface area contributed by atoms with Crippen LogP contribution in [0.1, 0.15) is 24.4 Å². The molecule has 2 aromatic rings. The number of para-hydroxylation sites is 2. The molecule has 0 unspecified atom stereocenters. The molecule has 2 aliphatic rings. The van der Waals surface area contributed by atoms with Crippen LogP contribution in [-0.2, 0) is 9.53 Å². The van der Waals surface area contributed by atoms with Crippen LogP contribution in [-0.4, -0.2) is 13.1 Å². The third kappa shape index (κ3) is 2.44. The van der Waals surface area contributed by atoms with Crippen molar-refractivity contribution in [2.75, 3.05) is 17.7 Å². The lowest BCUT2D eigenvalue weighted by atomic mass is 9.90. The van der Waals surface area contributed by atoms with Gasteiger partial charge in [-0.2, -0.15) is 0 Å². The van der Waals surface area contributed by atoms with Crippen LogP contribution in [0.15, 0.2) is 65.9 Å². The molecule has 0 radical (unpaired) electrons. The molecule has 1 aliphatic heterocycles. The summed E-state index contributed by atoms with van der Waals surface area (Å²) in [7, 11) is 1.45. The van der Waals surface area contributed by atoms with E-state index in [0.29, 0.717) is 0 Å². The number of benzene rings is 2. The van der Waals surface area contributed by atoms with E-state index >= 15 is 0 Å². The van der Waals surface area contributed by atoms with Gasteiger partial charge in [0, 0.05) is 11.6 Å². The second kappa shape index (κ2) is 6.04. The molecule has 0 fully saturated rings. The van der Waals surface area contributed by atoms with E-state index in [4.69, 9.17) is 4.74 Å². The number of nitrogens with one attached hydrogen (secondary N) is 2. The van der Waals surface area contributed by atoms with Gasteiger partial charge in [-0.05, 0) is 30.5 Å². The van der Waals surface area contributed by atoms with Crippen molar-refractivity contribution in [1.29, 1.82) is 0 Å². The molecule has 4 nitrogen and oxygen atoms in total.